The van der Waals surface area contributed by atoms with Crippen LogP contribution in [0.4, 0.5) is 5.69 Å². The van der Waals surface area contributed by atoms with Gasteiger partial charge in [-0.3, -0.25) is 0 Å². The molecule has 0 aliphatic carbocycles. The maximum atomic E-state index is 13.3. The average molecular weight is 742 g/mol. The second-order valence-electron chi connectivity index (χ2n) is 8.88. The third-order valence-electron chi connectivity index (χ3n) is 5.22. The topological polar surface area (TPSA) is 101 Å². The van der Waals surface area contributed by atoms with E-state index >= 15 is 0 Å². The Morgan fingerprint density at radius 1 is 1.14 bits per heavy atom. The molecule has 2 N–H and O–H groups in total. The number of ether oxygens (including phenoxy) is 1. The van der Waals surface area contributed by atoms with Crippen LogP contribution in [0.3, 0.4) is 0 Å². The fourth-order valence-electron chi connectivity index (χ4n) is 3.49. The number of hydrogen-bond donors (Lipinski definition) is 2. The van der Waals surface area contributed by atoms with Crippen molar-refractivity contribution in [2.75, 3.05) is 37.4 Å². The van der Waals surface area contributed by atoms with Crippen molar-refractivity contribution in [2.24, 2.45) is 5.92 Å². The van der Waals surface area contributed by atoms with Crippen molar-refractivity contribution < 1.29 is 35.1 Å². The average Bonchev–Trinajstić information content (AvgIpc) is 2.79. The molecule has 2 aromatic carbocycles. The van der Waals surface area contributed by atoms with Crippen LogP contribution >= 0.6 is 15.8 Å². The maximum absolute atomic E-state index is 13.3. The predicted molar refractivity (Wildman–Crippen MR) is 151 cm³/mol. The van der Waals surface area contributed by atoms with E-state index in [4.69, 9.17) is 9.15 Å². The number of anilines is 1. The summed E-state index contributed by atoms with van der Waals surface area (Å²) in [5.74, 6) is 1.08. The molecule has 3 aromatic rings. The first kappa shape index (κ1) is 29.1. The molecule has 0 fully saturated rings. The van der Waals surface area contributed by atoms with Gasteiger partial charge in [-0.25, -0.2) is 0 Å². The van der Waals surface area contributed by atoms with Crippen molar-refractivity contribution in [1.29, 1.82) is 0 Å². The molecule has 8 nitrogen and oxygen atoms in total. The Hall–Kier alpha value is -1.42. The molecule has 0 unspecified atom stereocenters. The fourth-order valence-corrected chi connectivity index (χ4v) is 14.4. The van der Waals surface area contributed by atoms with Crippen molar-refractivity contribution in [1.82, 2.24) is 7.84 Å². The molecule has 0 atom stereocenters. The summed E-state index contributed by atoms with van der Waals surface area (Å²) in [5, 5.41) is 0.940. The van der Waals surface area contributed by atoms with Gasteiger partial charge in [-0.05, 0) is 0 Å². The summed E-state index contributed by atoms with van der Waals surface area (Å²) < 4.78 is 44.1. The zero-order valence-corrected chi connectivity index (χ0v) is 26.5. The minimum atomic E-state index is -3.63. The molecule has 11 heteroatoms. The zero-order valence-electron chi connectivity index (χ0n) is 21.4. The number of benzene rings is 2. The van der Waals surface area contributed by atoms with Crippen molar-refractivity contribution in [2.45, 2.75) is 24.7 Å². The van der Waals surface area contributed by atoms with Crippen molar-refractivity contribution in [3.05, 3.63) is 69.6 Å². The Balaban J connectivity index is 2.03. The Morgan fingerprint density at radius 2 is 1.89 bits per heavy atom. The summed E-state index contributed by atoms with van der Waals surface area (Å²) in [5.41, 5.74) is 3.14. The predicted octanol–water partition coefficient (Wildman–Crippen LogP) is 1.41. The van der Waals surface area contributed by atoms with Crippen LogP contribution in [-0.4, -0.2) is 45.4 Å². The molecule has 36 heavy (non-hydrogen) atoms. The van der Waals surface area contributed by atoms with E-state index in [1.165, 1.54) is 14.1 Å². The molecule has 0 amide bonds. The second-order valence-corrected chi connectivity index (χ2v) is 28.0. The van der Waals surface area contributed by atoms with Gasteiger partial charge in [-0.2, -0.15) is 0 Å². The van der Waals surface area contributed by atoms with Gasteiger partial charge in [0.2, 0.25) is 0 Å². The Labute approximate surface area is 227 Å². The number of rotatable bonds is 12. The molecule has 1 aromatic heterocycles. The van der Waals surface area contributed by atoms with Gasteiger partial charge >= 0.3 is 229 Å². The van der Waals surface area contributed by atoms with Gasteiger partial charge in [0, 0.05) is 0 Å². The second kappa shape index (κ2) is 12.9. The quantitative estimate of drug-likeness (QED) is 0.126. The molecule has 1 heterocycles. The zero-order chi connectivity index (χ0) is 26.5. The standard InChI is InChI=1S/C25H34I2N3O5S/c1-17(2)16-34-20-10-11-21-23(15-27(3)26-28-4)22(25(31)35-24(21)14-20)13-18-8-7-9-19(12-18)29-36(32,33)30(5)6/h7-12,14,17,28-29H,13,15-16H2,1-6H3/q-1. The molecule has 0 aliphatic rings. The van der Waals surface area contributed by atoms with E-state index in [0.717, 1.165) is 25.2 Å². The summed E-state index contributed by atoms with van der Waals surface area (Å²) in [7, 11) is 1.31. The number of fused-ring (bicyclic) bond motifs is 1. The number of nitrogens with one attached hydrogen (secondary N) is 2. The molecule has 200 valence electrons. The SMILES string of the molecule is CN[I-]I(C)Cc1c(Cc2cccc(NS(=O)(=O)N(C)C)c2)c(=O)oc2cc(OCC(C)C)ccc12. The van der Waals surface area contributed by atoms with E-state index in [1.807, 2.05) is 31.3 Å². The van der Waals surface area contributed by atoms with Crippen LogP contribution < -0.4 is 36.1 Å². The van der Waals surface area contributed by atoms with Crippen LogP contribution in [0.15, 0.2) is 51.7 Å². The minimum absolute atomic E-state index is 0.0803. The molecular weight excluding hydrogens is 708 g/mol. The molecule has 3 rings (SSSR count). The summed E-state index contributed by atoms with van der Waals surface area (Å²) in [6.07, 6.45) is 0.360. The monoisotopic (exact) mass is 742 g/mol. The van der Waals surface area contributed by atoms with E-state index in [9.17, 15) is 13.2 Å². The summed E-state index contributed by atoms with van der Waals surface area (Å²) in [6.45, 7) is 4.76. The number of hydrogen-bond acceptors (Lipinski definition) is 6. The van der Waals surface area contributed by atoms with E-state index < -0.39 is 26.1 Å². The first-order chi connectivity index (χ1) is 17.0. The van der Waals surface area contributed by atoms with Gasteiger partial charge in [0.15, 0.2) is 0 Å². The van der Waals surface area contributed by atoms with Gasteiger partial charge in [0.25, 0.3) is 0 Å². The summed E-state index contributed by atoms with van der Waals surface area (Å²) in [4.78, 5) is 15.6. The van der Waals surface area contributed by atoms with E-state index in [0.29, 0.717) is 41.5 Å². The van der Waals surface area contributed by atoms with E-state index in [2.05, 4.69) is 27.0 Å². The van der Waals surface area contributed by atoms with Gasteiger partial charge in [0.05, 0.1) is 0 Å². The summed E-state index contributed by atoms with van der Waals surface area (Å²) >= 11 is -1.36. The number of alkyl halides is 2. The summed E-state index contributed by atoms with van der Waals surface area (Å²) in [6, 6.07) is 12.9. The van der Waals surface area contributed by atoms with Crippen LogP contribution in [0.25, 0.3) is 11.0 Å². The Kier molecular flexibility index (Phi) is 10.4. The first-order valence-electron chi connectivity index (χ1n) is 11.4. The van der Waals surface area contributed by atoms with Gasteiger partial charge in [0.1, 0.15) is 0 Å². The van der Waals surface area contributed by atoms with Crippen molar-refractivity contribution in [3.63, 3.8) is 0 Å². The normalized spacial score (nSPS) is 12.5. The number of halogens is 2. The Morgan fingerprint density at radius 3 is 2.56 bits per heavy atom. The first-order valence-corrected chi connectivity index (χ1v) is 23.9. The van der Waals surface area contributed by atoms with E-state index in [1.54, 1.807) is 18.2 Å². The Bertz CT molecular complexity index is 1360. The van der Waals surface area contributed by atoms with Crippen LogP contribution in [-0.2, 0) is 21.1 Å². The fraction of sp³-hybridized carbons (Fsp3) is 0.400. The molecule has 0 saturated carbocycles. The molecule has 0 spiro atoms. The molecule has 0 bridgehead atoms. The molecular formula is C25H34I2N3O5S-. The van der Waals surface area contributed by atoms with Crippen molar-refractivity contribution in [3.8, 4) is 5.75 Å². The molecule has 0 saturated heterocycles. The van der Waals surface area contributed by atoms with Gasteiger partial charge in [-0.15, -0.1) is 0 Å². The van der Waals surface area contributed by atoms with Crippen LogP contribution in [0.1, 0.15) is 30.5 Å². The molecule has 0 radical (unpaired) electrons. The number of nitrogens with zero attached hydrogens (tertiary/aromatic N) is 1. The third kappa shape index (κ3) is 7.79. The van der Waals surface area contributed by atoms with E-state index in [-0.39, 0.29) is 23.1 Å². The van der Waals surface area contributed by atoms with Crippen LogP contribution in [0.2, 0.25) is 0 Å². The van der Waals surface area contributed by atoms with Gasteiger partial charge in [-0.1, -0.05) is 0 Å². The van der Waals surface area contributed by atoms with Crippen molar-refractivity contribution >= 4 is 42.7 Å². The molecule has 0 aliphatic heterocycles. The van der Waals surface area contributed by atoms with Crippen LogP contribution in [0, 0.1) is 5.92 Å². The van der Waals surface area contributed by atoms with Gasteiger partial charge < -0.3 is 0 Å². The van der Waals surface area contributed by atoms with Crippen LogP contribution in [0.5, 0.6) is 5.75 Å². The third-order valence-corrected chi connectivity index (χ3v) is 18.9.